The molecule has 1 fully saturated rings. The van der Waals surface area contributed by atoms with Gasteiger partial charge in [-0.2, -0.15) is 0 Å². The van der Waals surface area contributed by atoms with Gasteiger partial charge in [-0.15, -0.1) is 0 Å². The lowest BCUT2D eigenvalue weighted by Crippen LogP contribution is -2.21. The van der Waals surface area contributed by atoms with Crippen LogP contribution in [0.3, 0.4) is 0 Å². The van der Waals surface area contributed by atoms with E-state index < -0.39 is 0 Å². The SMILES string of the molecule is CCNC(C)c1c(F)cccc1OC1CCCC1. The van der Waals surface area contributed by atoms with Gasteiger partial charge in [0, 0.05) is 11.6 Å². The van der Waals surface area contributed by atoms with Crippen LogP contribution in [0.15, 0.2) is 18.2 Å². The summed E-state index contributed by atoms with van der Waals surface area (Å²) in [7, 11) is 0. The molecule has 1 aromatic carbocycles. The highest BCUT2D eigenvalue weighted by molar-refractivity contribution is 5.37. The third kappa shape index (κ3) is 3.02. The number of benzene rings is 1. The molecule has 1 unspecified atom stereocenters. The van der Waals surface area contributed by atoms with Crippen molar-refractivity contribution in [2.24, 2.45) is 0 Å². The summed E-state index contributed by atoms with van der Waals surface area (Å²) < 4.78 is 20.0. The minimum Gasteiger partial charge on any atom is -0.490 e. The zero-order chi connectivity index (χ0) is 13.0. The lowest BCUT2D eigenvalue weighted by Gasteiger charge is -2.21. The molecule has 2 rings (SSSR count). The Morgan fingerprint density at radius 2 is 2.11 bits per heavy atom. The van der Waals surface area contributed by atoms with Gasteiger partial charge in [0.25, 0.3) is 0 Å². The van der Waals surface area contributed by atoms with E-state index in [2.05, 4.69) is 5.32 Å². The highest BCUT2D eigenvalue weighted by atomic mass is 19.1. The summed E-state index contributed by atoms with van der Waals surface area (Å²) in [5.41, 5.74) is 0.659. The molecule has 1 N–H and O–H groups in total. The number of ether oxygens (including phenoxy) is 1. The van der Waals surface area contributed by atoms with Crippen LogP contribution in [0.5, 0.6) is 5.75 Å². The third-order valence-corrected chi connectivity index (χ3v) is 3.55. The number of hydrogen-bond acceptors (Lipinski definition) is 2. The lowest BCUT2D eigenvalue weighted by atomic mass is 10.1. The van der Waals surface area contributed by atoms with Crippen LogP contribution in [0.2, 0.25) is 0 Å². The van der Waals surface area contributed by atoms with E-state index in [1.54, 1.807) is 6.07 Å². The van der Waals surface area contributed by atoms with Gasteiger partial charge in [0.05, 0.1) is 6.10 Å². The number of nitrogens with one attached hydrogen (secondary N) is 1. The second-order valence-electron chi connectivity index (χ2n) is 4.96. The average molecular weight is 251 g/mol. The fourth-order valence-electron chi connectivity index (χ4n) is 2.63. The molecule has 0 bridgehead atoms. The van der Waals surface area contributed by atoms with E-state index in [0.29, 0.717) is 11.3 Å². The largest absolute Gasteiger partial charge is 0.490 e. The van der Waals surface area contributed by atoms with Crippen molar-refractivity contribution in [3.8, 4) is 5.75 Å². The van der Waals surface area contributed by atoms with Gasteiger partial charge in [-0.25, -0.2) is 4.39 Å². The highest BCUT2D eigenvalue weighted by Gasteiger charge is 2.21. The molecule has 3 heteroatoms. The van der Waals surface area contributed by atoms with E-state index >= 15 is 0 Å². The van der Waals surface area contributed by atoms with Crippen molar-refractivity contribution in [2.75, 3.05) is 6.54 Å². The Hall–Kier alpha value is -1.09. The molecule has 0 spiro atoms. The zero-order valence-electron chi connectivity index (χ0n) is 11.2. The van der Waals surface area contributed by atoms with Gasteiger partial charge in [0.1, 0.15) is 11.6 Å². The topological polar surface area (TPSA) is 21.3 Å². The maximum absolute atomic E-state index is 14.0. The molecule has 0 radical (unpaired) electrons. The average Bonchev–Trinajstić information content (AvgIpc) is 2.82. The molecule has 1 atom stereocenters. The van der Waals surface area contributed by atoms with Crippen LogP contribution in [-0.2, 0) is 0 Å². The van der Waals surface area contributed by atoms with E-state index in [1.807, 2.05) is 19.9 Å². The number of halogens is 1. The monoisotopic (exact) mass is 251 g/mol. The molecular weight excluding hydrogens is 229 g/mol. The molecule has 0 saturated heterocycles. The Morgan fingerprint density at radius 1 is 1.39 bits per heavy atom. The summed E-state index contributed by atoms with van der Waals surface area (Å²) in [4.78, 5) is 0. The predicted octanol–water partition coefficient (Wildman–Crippen LogP) is 3.82. The minimum absolute atomic E-state index is 0.0207. The normalized spacial score (nSPS) is 17.9. The molecule has 1 aliphatic carbocycles. The Balaban J connectivity index is 2.19. The quantitative estimate of drug-likeness (QED) is 0.859. The summed E-state index contributed by atoms with van der Waals surface area (Å²) in [6.45, 7) is 4.82. The molecule has 18 heavy (non-hydrogen) atoms. The molecule has 100 valence electrons. The van der Waals surface area contributed by atoms with Crippen LogP contribution in [-0.4, -0.2) is 12.6 Å². The maximum atomic E-state index is 14.0. The third-order valence-electron chi connectivity index (χ3n) is 3.55. The zero-order valence-corrected chi connectivity index (χ0v) is 11.2. The van der Waals surface area contributed by atoms with Gasteiger partial charge in [-0.05, 0) is 51.3 Å². The molecule has 1 aliphatic rings. The Morgan fingerprint density at radius 3 is 2.78 bits per heavy atom. The molecule has 2 nitrogen and oxygen atoms in total. The highest BCUT2D eigenvalue weighted by Crippen LogP contribution is 2.31. The van der Waals surface area contributed by atoms with Gasteiger partial charge >= 0.3 is 0 Å². The first-order valence-corrected chi connectivity index (χ1v) is 6.90. The maximum Gasteiger partial charge on any atom is 0.131 e. The van der Waals surface area contributed by atoms with Crippen LogP contribution >= 0.6 is 0 Å². The van der Waals surface area contributed by atoms with E-state index in [0.717, 1.165) is 19.4 Å². The fourth-order valence-corrected chi connectivity index (χ4v) is 2.63. The van der Waals surface area contributed by atoms with Gasteiger partial charge in [-0.1, -0.05) is 13.0 Å². The van der Waals surface area contributed by atoms with E-state index in [-0.39, 0.29) is 18.0 Å². The van der Waals surface area contributed by atoms with E-state index in [9.17, 15) is 4.39 Å². The van der Waals surface area contributed by atoms with Crippen molar-refractivity contribution in [1.82, 2.24) is 5.32 Å². The molecule has 1 saturated carbocycles. The van der Waals surface area contributed by atoms with Crippen LogP contribution in [0.4, 0.5) is 4.39 Å². The molecule has 0 amide bonds. The van der Waals surface area contributed by atoms with E-state index in [4.69, 9.17) is 4.74 Å². The summed E-state index contributed by atoms with van der Waals surface area (Å²) in [6, 6.07) is 5.09. The minimum atomic E-state index is -0.182. The van der Waals surface area contributed by atoms with Crippen molar-refractivity contribution in [3.63, 3.8) is 0 Å². The first-order valence-electron chi connectivity index (χ1n) is 6.90. The standard InChI is InChI=1S/C15H22FNO/c1-3-17-11(2)15-13(16)9-6-10-14(15)18-12-7-4-5-8-12/h6,9-12,17H,3-5,7-8H2,1-2H3. The van der Waals surface area contributed by atoms with Crippen molar-refractivity contribution in [1.29, 1.82) is 0 Å². The molecule has 0 aromatic heterocycles. The molecular formula is C15H22FNO. The fraction of sp³-hybridized carbons (Fsp3) is 0.600. The van der Waals surface area contributed by atoms with Crippen molar-refractivity contribution >= 4 is 0 Å². The number of rotatable bonds is 5. The summed E-state index contributed by atoms with van der Waals surface area (Å²) >= 11 is 0. The molecule has 1 aromatic rings. The van der Waals surface area contributed by atoms with Gasteiger partial charge in [-0.3, -0.25) is 0 Å². The van der Waals surface area contributed by atoms with Crippen LogP contribution in [0.25, 0.3) is 0 Å². The first-order chi connectivity index (χ1) is 8.72. The predicted molar refractivity (Wildman–Crippen MR) is 71.4 cm³/mol. The molecule has 0 heterocycles. The second-order valence-corrected chi connectivity index (χ2v) is 4.96. The summed E-state index contributed by atoms with van der Waals surface area (Å²) in [6.07, 6.45) is 4.88. The van der Waals surface area contributed by atoms with Gasteiger partial charge in [0.2, 0.25) is 0 Å². The van der Waals surface area contributed by atoms with Gasteiger partial charge in [0.15, 0.2) is 0 Å². The molecule has 0 aliphatic heterocycles. The smallest absolute Gasteiger partial charge is 0.131 e. The van der Waals surface area contributed by atoms with Crippen LogP contribution in [0, 0.1) is 5.82 Å². The summed E-state index contributed by atoms with van der Waals surface area (Å²) in [5, 5.41) is 3.25. The summed E-state index contributed by atoms with van der Waals surface area (Å²) in [5.74, 6) is 0.522. The number of hydrogen-bond donors (Lipinski definition) is 1. The van der Waals surface area contributed by atoms with Gasteiger partial charge < -0.3 is 10.1 Å². The van der Waals surface area contributed by atoms with Crippen molar-refractivity contribution in [2.45, 2.75) is 51.7 Å². The van der Waals surface area contributed by atoms with E-state index in [1.165, 1.54) is 18.9 Å². The second kappa shape index (κ2) is 6.19. The van der Waals surface area contributed by atoms with Crippen molar-refractivity contribution in [3.05, 3.63) is 29.6 Å². The van der Waals surface area contributed by atoms with Crippen molar-refractivity contribution < 1.29 is 9.13 Å². The first kappa shape index (κ1) is 13.3. The Bertz CT molecular complexity index is 388. The Kier molecular flexibility index (Phi) is 4.59. The Labute approximate surface area is 109 Å². The van der Waals surface area contributed by atoms with Crippen LogP contribution < -0.4 is 10.1 Å². The lowest BCUT2D eigenvalue weighted by molar-refractivity contribution is 0.205. The van der Waals surface area contributed by atoms with Crippen LogP contribution in [0.1, 0.15) is 51.1 Å².